The van der Waals surface area contributed by atoms with Gasteiger partial charge in [-0.2, -0.15) is 11.8 Å². The second-order valence-corrected chi connectivity index (χ2v) is 5.66. The lowest BCUT2D eigenvalue weighted by Crippen LogP contribution is -2.43. The van der Waals surface area contributed by atoms with Crippen LogP contribution < -0.4 is 5.32 Å². The predicted octanol–water partition coefficient (Wildman–Crippen LogP) is 2.20. The molecular weight excluding hydrogens is 204 g/mol. The minimum Gasteiger partial charge on any atom is -0.313 e. The van der Waals surface area contributed by atoms with Gasteiger partial charge in [0.1, 0.15) is 0 Å². The molecule has 1 heterocycles. The van der Waals surface area contributed by atoms with Gasteiger partial charge in [0, 0.05) is 24.4 Å². The molecule has 1 saturated heterocycles. The predicted molar refractivity (Wildman–Crippen MR) is 70.7 cm³/mol. The number of nitrogens with zero attached hydrogens (tertiary/aromatic N) is 1. The van der Waals surface area contributed by atoms with Crippen LogP contribution in [0.5, 0.6) is 0 Å². The smallest absolute Gasteiger partial charge is 0.0195 e. The second-order valence-electron chi connectivity index (χ2n) is 4.74. The Hall–Kier alpha value is 0.270. The summed E-state index contributed by atoms with van der Waals surface area (Å²) in [6.07, 6.45) is 7.72. The first-order valence-electron chi connectivity index (χ1n) is 6.16. The summed E-state index contributed by atoms with van der Waals surface area (Å²) < 4.78 is 0. The molecule has 0 aromatic rings. The van der Waals surface area contributed by atoms with Gasteiger partial charge in [-0.3, -0.25) is 0 Å². The minimum atomic E-state index is 0.699. The molecule has 0 aromatic heterocycles. The van der Waals surface area contributed by atoms with Crippen molar-refractivity contribution < 1.29 is 0 Å². The molecule has 0 saturated carbocycles. The molecule has 0 aliphatic carbocycles. The van der Waals surface area contributed by atoms with E-state index in [-0.39, 0.29) is 0 Å². The maximum Gasteiger partial charge on any atom is 0.0195 e. The fourth-order valence-corrected chi connectivity index (χ4v) is 2.89. The molecule has 0 bridgehead atoms. The van der Waals surface area contributed by atoms with Crippen molar-refractivity contribution in [3.8, 4) is 0 Å². The summed E-state index contributed by atoms with van der Waals surface area (Å²) in [4.78, 5) is 2.50. The first-order valence-corrected chi connectivity index (χ1v) is 7.56. The van der Waals surface area contributed by atoms with Crippen molar-refractivity contribution >= 4 is 11.8 Å². The molecule has 2 unspecified atom stereocenters. The number of hydrogen-bond acceptors (Lipinski definition) is 3. The van der Waals surface area contributed by atoms with E-state index in [9.17, 15) is 0 Å². The molecule has 15 heavy (non-hydrogen) atoms. The highest BCUT2D eigenvalue weighted by molar-refractivity contribution is 7.98. The van der Waals surface area contributed by atoms with Gasteiger partial charge in [0.2, 0.25) is 0 Å². The Labute approximate surface area is 99.2 Å². The zero-order chi connectivity index (χ0) is 11.1. The van der Waals surface area contributed by atoms with Crippen LogP contribution in [0.3, 0.4) is 0 Å². The maximum absolute atomic E-state index is 3.66. The molecule has 0 aromatic carbocycles. The Bertz CT molecular complexity index is 156. The van der Waals surface area contributed by atoms with Crippen LogP contribution in [0.15, 0.2) is 0 Å². The lowest BCUT2D eigenvalue weighted by molar-refractivity contribution is 0.242. The third-order valence-corrected chi connectivity index (χ3v) is 4.15. The first kappa shape index (κ1) is 13.3. The highest BCUT2D eigenvalue weighted by Crippen LogP contribution is 2.11. The highest BCUT2D eigenvalue weighted by Gasteiger charge is 2.16. The van der Waals surface area contributed by atoms with Crippen LogP contribution in [0.25, 0.3) is 0 Å². The van der Waals surface area contributed by atoms with Crippen LogP contribution in [-0.4, -0.2) is 49.1 Å². The van der Waals surface area contributed by atoms with E-state index in [1.54, 1.807) is 0 Å². The van der Waals surface area contributed by atoms with Crippen LogP contribution >= 0.6 is 11.8 Å². The topological polar surface area (TPSA) is 15.3 Å². The number of thioether (sulfide) groups is 1. The Morgan fingerprint density at radius 1 is 1.40 bits per heavy atom. The largest absolute Gasteiger partial charge is 0.313 e. The Morgan fingerprint density at radius 3 is 2.93 bits per heavy atom. The third kappa shape index (κ3) is 5.23. The van der Waals surface area contributed by atoms with Crippen molar-refractivity contribution in [2.45, 2.75) is 44.7 Å². The summed E-state index contributed by atoms with van der Waals surface area (Å²) in [5.41, 5.74) is 0. The average Bonchev–Trinajstić information content (AvgIpc) is 2.46. The lowest BCUT2D eigenvalue weighted by Gasteiger charge is -2.28. The maximum atomic E-state index is 3.66. The van der Waals surface area contributed by atoms with Crippen LogP contribution in [0.4, 0.5) is 0 Å². The Morgan fingerprint density at radius 2 is 2.20 bits per heavy atom. The molecule has 1 aliphatic rings. The van der Waals surface area contributed by atoms with Crippen molar-refractivity contribution in [1.82, 2.24) is 10.2 Å². The number of likely N-dealkylation sites (N-methyl/N-ethyl adjacent to an activating group) is 1. The number of nitrogens with one attached hydrogen (secondary N) is 1. The second kappa shape index (κ2) is 7.53. The summed E-state index contributed by atoms with van der Waals surface area (Å²) in [6, 6.07) is 1.42. The summed E-state index contributed by atoms with van der Waals surface area (Å²) in [6.45, 7) is 4.75. The van der Waals surface area contributed by atoms with E-state index < -0.39 is 0 Å². The third-order valence-electron chi connectivity index (χ3n) is 3.33. The first-order chi connectivity index (χ1) is 7.24. The van der Waals surface area contributed by atoms with Gasteiger partial charge in [0.15, 0.2) is 0 Å². The molecule has 3 heteroatoms. The van der Waals surface area contributed by atoms with E-state index in [1.807, 2.05) is 11.8 Å². The van der Waals surface area contributed by atoms with Crippen molar-refractivity contribution in [3.05, 3.63) is 0 Å². The van der Waals surface area contributed by atoms with Crippen molar-refractivity contribution in [2.75, 3.05) is 32.1 Å². The van der Waals surface area contributed by atoms with Gasteiger partial charge >= 0.3 is 0 Å². The van der Waals surface area contributed by atoms with Crippen molar-refractivity contribution in [2.24, 2.45) is 0 Å². The summed E-state index contributed by atoms with van der Waals surface area (Å²) in [5, 5.41) is 3.66. The van der Waals surface area contributed by atoms with Gasteiger partial charge in [-0.15, -0.1) is 0 Å². The van der Waals surface area contributed by atoms with E-state index >= 15 is 0 Å². The van der Waals surface area contributed by atoms with Crippen molar-refractivity contribution in [3.63, 3.8) is 0 Å². The van der Waals surface area contributed by atoms with E-state index in [2.05, 4.69) is 30.4 Å². The molecule has 1 aliphatic heterocycles. The zero-order valence-electron chi connectivity index (χ0n) is 10.5. The van der Waals surface area contributed by atoms with Gasteiger partial charge in [-0.1, -0.05) is 12.8 Å². The standard InChI is InChI=1S/C12H26N2S/c1-11(10-15-3)14(2)9-12-7-5-4-6-8-13-12/h11-13H,4-10H2,1-3H3. The Kier molecular flexibility index (Phi) is 6.69. The van der Waals surface area contributed by atoms with Gasteiger partial charge < -0.3 is 10.2 Å². The van der Waals surface area contributed by atoms with Crippen LogP contribution in [-0.2, 0) is 0 Å². The molecule has 0 spiro atoms. The minimum absolute atomic E-state index is 0.699. The zero-order valence-corrected chi connectivity index (χ0v) is 11.3. The summed E-state index contributed by atoms with van der Waals surface area (Å²) >= 11 is 1.94. The SMILES string of the molecule is CSCC(C)N(C)CC1CCCCCN1. The van der Waals surface area contributed by atoms with Crippen LogP contribution in [0.1, 0.15) is 32.6 Å². The fourth-order valence-electron chi connectivity index (χ4n) is 2.15. The van der Waals surface area contributed by atoms with Crippen molar-refractivity contribution in [1.29, 1.82) is 0 Å². The molecule has 1 fully saturated rings. The van der Waals surface area contributed by atoms with Gasteiger partial charge in [0.05, 0.1) is 0 Å². The molecule has 1 N–H and O–H groups in total. The Balaban J connectivity index is 2.25. The highest BCUT2D eigenvalue weighted by atomic mass is 32.2. The molecule has 2 nitrogen and oxygen atoms in total. The monoisotopic (exact) mass is 230 g/mol. The lowest BCUT2D eigenvalue weighted by atomic mass is 10.1. The molecule has 0 amide bonds. The normalized spacial score (nSPS) is 25.2. The molecule has 1 rings (SSSR count). The fraction of sp³-hybridized carbons (Fsp3) is 1.00. The van der Waals surface area contributed by atoms with Gasteiger partial charge in [-0.05, 0) is 39.6 Å². The van der Waals surface area contributed by atoms with Crippen LogP contribution in [0, 0.1) is 0 Å². The summed E-state index contributed by atoms with van der Waals surface area (Å²) in [7, 11) is 2.26. The van der Waals surface area contributed by atoms with E-state index in [1.165, 1.54) is 44.5 Å². The van der Waals surface area contributed by atoms with E-state index in [0.29, 0.717) is 6.04 Å². The van der Waals surface area contributed by atoms with E-state index in [4.69, 9.17) is 0 Å². The van der Waals surface area contributed by atoms with Gasteiger partial charge in [0.25, 0.3) is 0 Å². The van der Waals surface area contributed by atoms with E-state index in [0.717, 1.165) is 6.04 Å². The van der Waals surface area contributed by atoms with Gasteiger partial charge in [-0.25, -0.2) is 0 Å². The number of hydrogen-bond donors (Lipinski definition) is 1. The summed E-state index contributed by atoms with van der Waals surface area (Å²) in [5.74, 6) is 1.24. The quantitative estimate of drug-likeness (QED) is 0.779. The molecule has 90 valence electrons. The molecule has 0 radical (unpaired) electrons. The number of rotatable bonds is 5. The average molecular weight is 230 g/mol. The molecule has 2 atom stereocenters. The molecular formula is C12H26N2S. The van der Waals surface area contributed by atoms with Crippen LogP contribution in [0.2, 0.25) is 0 Å².